The van der Waals surface area contributed by atoms with Crippen molar-refractivity contribution in [2.24, 2.45) is 4.99 Å². The number of aliphatic imine (C=N–C) groups is 1. The van der Waals surface area contributed by atoms with Crippen LogP contribution in [0.5, 0.6) is 0 Å². The molecular weight excluding hydrogens is 425 g/mol. The third-order valence-corrected chi connectivity index (χ3v) is 5.68. The van der Waals surface area contributed by atoms with Crippen LogP contribution in [0.2, 0.25) is 0 Å². The first kappa shape index (κ1) is 23.0. The van der Waals surface area contributed by atoms with E-state index in [2.05, 4.69) is 39.4 Å². The van der Waals surface area contributed by atoms with Crippen LogP contribution >= 0.6 is 24.0 Å². The Bertz CT molecular complexity index is 363. The molecule has 148 valence electrons. The zero-order valence-electron chi connectivity index (χ0n) is 16.6. The van der Waals surface area contributed by atoms with Crippen molar-refractivity contribution in [3.63, 3.8) is 0 Å². The standard InChI is InChI=1S/C19H39N5.HI/c1-4-5-13-24-14-10-17(11-15-24)22-19(20-2)21-12-16-23(3)18-8-6-7-9-18;/h17-18H,4-16H2,1-3H3,(H2,20,21,22);1H. The number of guanidine groups is 1. The molecule has 0 aromatic rings. The van der Waals surface area contributed by atoms with Crippen molar-refractivity contribution in [1.29, 1.82) is 0 Å². The highest BCUT2D eigenvalue weighted by atomic mass is 127. The average Bonchev–Trinajstić information content (AvgIpc) is 3.15. The van der Waals surface area contributed by atoms with Gasteiger partial charge in [-0.1, -0.05) is 26.2 Å². The Kier molecular flexibility index (Phi) is 12.1. The zero-order valence-corrected chi connectivity index (χ0v) is 18.9. The molecule has 1 aliphatic heterocycles. The predicted molar refractivity (Wildman–Crippen MR) is 119 cm³/mol. The van der Waals surface area contributed by atoms with Gasteiger partial charge in [0.1, 0.15) is 0 Å². The van der Waals surface area contributed by atoms with E-state index in [-0.39, 0.29) is 24.0 Å². The van der Waals surface area contributed by atoms with Gasteiger partial charge in [-0.15, -0.1) is 24.0 Å². The van der Waals surface area contributed by atoms with Gasteiger partial charge in [0, 0.05) is 45.3 Å². The fourth-order valence-electron chi connectivity index (χ4n) is 3.95. The Morgan fingerprint density at radius 2 is 1.84 bits per heavy atom. The number of likely N-dealkylation sites (N-methyl/N-ethyl adjacent to an activating group) is 1. The minimum atomic E-state index is 0. The number of halogens is 1. The summed E-state index contributed by atoms with van der Waals surface area (Å²) in [6, 6.07) is 1.37. The van der Waals surface area contributed by atoms with Crippen molar-refractivity contribution in [3.05, 3.63) is 0 Å². The SMILES string of the molecule is CCCCN1CCC(NC(=NC)NCCN(C)C2CCCC2)CC1.I. The van der Waals surface area contributed by atoms with Gasteiger partial charge in [0.25, 0.3) is 0 Å². The summed E-state index contributed by atoms with van der Waals surface area (Å²) in [7, 11) is 4.15. The first-order chi connectivity index (χ1) is 11.7. The molecule has 0 aromatic heterocycles. The van der Waals surface area contributed by atoms with Crippen molar-refractivity contribution in [2.75, 3.05) is 46.8 Å². The van der Waals surface area contributed by atoms with Crippen LogP contribution < -0.4 is 10.6 Å². The summed E-state index contributed by atoms with van der Waals surface area (Å²) in [5.74, 6) is 0.974. The maximum atomic E-state index is 4.41. The summed E-state index contributed by atoms with van der Waals surface area (Å²) in [5, 5.41) is 7.12. The van der Waals surface area contributed by atoms with Gasteiger partial charge in [-0.25, -0.2) is 0 Å². The van der Waals surface area contributed by atoms with Gasteiger partial charge in [0.2, 0.25) is 0 Å². The fourth-order valence-corrected chi connectivity index (χ4v) is 3.95. The predicted octanol–water partition coefficient (Wildman–Crippen LogP) is 2.91. The quantitative estimate of drug-likeness (QED) is 0.329. The summed E-state index contributed by atoms with van der Waals surface area (Å²) in [6.45, 7) is 8.05. The Balaban J connectivity index is 0.00000312. The molecule has 0 unspecified atom stereocenters. The van der Waals surface area contributed by atoms with E-state index in [1.54, 1.807) is 0 Å². The Hall–Kier alpha value is -0.0800. The van der Waals surface area contributed by atoms with E-state index in [0.717, 1.165) is 25.1 Å². The van der Waals surface area contributed by atoms with Gasteiger partial charge in [-0.2, -0.15) is 0 Å². The van der Waals surface area contributed by atoms with E-state index in [0.29, 0.717) is 6.04 Å². The van der Waals surface area contributed by atoms with Crippen LogP contribution in [0.4, 0.5) is 0 Å². The zero-order chi connectivity index (χ0) is 17.2. The molecule has 0 aromatic carbocycles. The molecule has 2 rings (SSSR count). The number of hydrogen-bond acceptors (Lipinski definition) is 3. The molecule has 1 saturated carbocycles. The number of likely N-dealkylation sites (tertiary alicyclic amines) is 1. The highest BCUT2D eigenvalue weighted by Gasteiger charge is 2.20. The summed E-state index contributed by atoms with van der Waals surface area (Å²) in [4.78, 5) is 9.53. The summed E-state index contributed by atoms with van der Waals surface area (Å²) < 4.78 is 0. The lowest BCUT2D eigenvalue weighted by Crippen LogP contribution is -2.50. The van der Waals surface area contributed by atoms with E-state index >= 15 is 0 Å². The van der Waals surface area contributed by atoms with Crippen LogP contribution in [0.1, 0.15) is 58.3 Å². The van der Waals surface area contributed by atoms with E-state index in [1.807, 2.05) is 7.05 Å². The van der Waals surface area contributed by atoms with Gasteiger partial charge < -0.3 is 20.4 Å². The molecule has 2 N–H and O–H groups in total. The smallest absolute Gasteiger partial charge is 0.191 e. The number of piperidine rings is 1. The van der Waals surface area contributed by atoms with Gasteiger partial charge >= 0.3 is 0 Å². The monoisotopic (exact) mass is 465 g/mol. The molecule has 0 atom stereocenters. The van der Waals surface area contributed by atoms with Gasteiger partial charge in [0.15, 0.2) is 5.96 Å². The van der Waals surface area contributed by atoms with Crippen LogP contribution in [0.15, 0.2) is 4.99 Å². The highest BCUT2D eigenvalue weighted by Crippen LogP contribution is 2.21. The fraction of sp³-hybridized carbons (Fsp3) is 0.947. The van der Waals surface area contributed by atoms with Crippen LogP contribution in [0.25, 0.3) is 0 Å². The summed E-state index contributed by atoms with van der Waals surface area (Å²) in [5.41, 5.74) is 0. The highest BCUT2D eigenvalue weighted by molar-refractivity contribution is 14.0. The maximum absolute atomic E-state index is 4.41. The molecule has 0 bridgehead atoms. The number of nitrogens with zero attached hydrogens (tertiary/aromatic N) is 3. The van der Waals surface area contributed by atoms with Gasteiger partial charge in [-0.05, 0) is 45.7 Å². The Morgan fingerprint density at radius 1 is 1.16 bits per heavy atom. The largest absolute Gasteiger partial charge is 0.355 e. The van der Waals surface area contributed by atoms with Gasteiger partial charge in [-0.3, -0.25) is 4.99 Å². The molecule has 2 fully saturated rings. The van der Waals surface area contributed by atoms with Crippen molar-refractivity contribution >= 4 is 29.9 Å². The number of hydrogen-bond donors (Lipinski definition) is 2. The van der Waals surface area contributed by atoms with E-state index in [4.69, 9.17) is 0 Å². The molecule has 1 saturated heterocycles. The molecule has 1 aliphatic carbocycles. The van der Waals surface area contributed by atoms with Crippen LogP contribution in [0, 0.1) is 0 Å². The topological polar surface area (TPSA) is 42.9 Å². The second-order valence-electron chi connectivity index (χ2n) is 7.53. The Labute approximate surface area is 172 Å². The molecule has 0 spiro atoms. The first-order valence-electron chi connectivity index (χ1n) is 10.1. The molecule has 6 heteroatoms. The lowest BCUT2D eigenvalue weighted by molar-refractivity contribution is 0.203. The van der Waals surface area contributed by atoms with Crippen molar-refractivity contribution in [3.8, 4) is 0 Å². The van der Waals surface area contributed by atoms with Crippen LogP contribution in [0.3, 0.4) is 0 Å². The molecule has 0 amide bonds. The summed E-state index contributed by atoms with van der Waals surface area (Å²) in [6.07, 6.45) is 10.6. The normalized spacial score (nSPS) is 20.7. The summed E-state index contributed by atoms with van der Waals surface area (Å²) >= 11 is 0. The molecule has 25 heavy (non-hydrogen) atoms. The maximum Gasteiger partial charge on any atom is 0.191 e. The second-order valence-corrected chi connectivity index (χ2v) is 7.53. The van der Waals surface area contributed by atoms with E-state index in [9.17, 15) is 0 Å². The number of rotatable bonds is 8. The minimum Gasteiger partial charge on any atom is -0.355 e. The van der Waals surface area contributed by atoms with Crippen LogP contribution in [-0.4, -0.2) is 74.7 Å². The number of unbranched alkanes of at least 4 members (excludes halogenated alkanes) is 1. The third-order valence-electron chi connectivity index (χ3n) is 5.68. The third kappa shape index (κ3) is 8.43. The minimum absolute atomic E-state index is 0. The first-order valence-corrected chi connectivity index (χ1v) is 10.1. The average molecular weight is 465 g/mol. The molecule has 2 aliphatic rings. The van der Waals surface area contributed by atoms with Gasteiger partial charge in [0.05, 0.1) is 0 Å². The van der Waals surface area contributed by atoms with Crippen molar-refractivity contribution in [2.45, 2.75) is 70.4 Å². The molecular formula is C19H40IN5. The van der Waals surface area contributed by atoms with Crippen molar-refractivity contribution in [1.82, 2.24) is 20.4 Å². The lowest BCUT2D eigenvalue weighted by Gasteiger charge is -2.33. The van der Waals surface area contributed by atoms with E-state index < -0.39 is 0 Å². The molecule has 5 nitrogen and oxygen atoms in total. The second kappa shape index (κ2) is 13.1. The lowest BCUT2D eigenvalue weighted by atomic mass is 10.0. The van der Waals surface area contributed by atoms with Crippen LogP contribution in [-0.2, 0) is 0 Å². The number of nitrogens with one attached hydrogen (secondary N) is 2. The van der Waals surface area contributed by atoms with E-state index in [1.165, 1.54) is 71.0 Å². The van der Waals surface area contributed by atoms with Crippen molar-refractivity contribution < 1.29 is 0 Å². The Morgan fingerprint density at radius 3 is 2.44 bits per heavy atom. The molecule has 1 heterocycles. The molecule has 0 radical (unpaired) electrons.